The molecule has 0 radical (unpaired) electrons. The van der Waals surface area contributed by atoms with Gasteiger partial charge in [-0.3, -0.25) is 4.68 Å². The summed E-state index contributed by atoms with van der Waals surface area (Å²) in [5.41, 5.74) is 2.55. The molecular formula is C11H21N3O2. The first kappa shape index (κ1) is 13.2. The SMILES string of the molecule is Cc1nn(C)c(C)c1CNC(C)(CO)CO. The van der Waals surface area contributed by atoms with Crippen molar-refractivity contribution < 1.29 is 10.2 Å². The molecule has 5 heteroatoms. The second kappa shape index (κ2) is 4.95. The number of aryl methyl sites for hydroxylation is 2. The van der Waals surface area contributed by atoms with Gasteiger partial charge in [-0.25, -0.2) is 0 Å². The van der Waals surface area contributed by atoms with Crippen molar-refractivity contribution in [2.45, 2.75) is 32.9 Å². The first-order chi connectivity index (χ1) is 7.43. The molecule has 0 unspecified atom stereocenters. The van der Waals surface area contributed by atoms with Crippen LogP contribution in [0.5, 0.6) is 0 Å². The highest BCUT2D eigenvalue weighted by atomic mass is 16.3. The molecule has 1 aromatic heterocycles. The van der Waals surface area contributed by atoms with Gasteiger partial charge in [0.15, 0.2) is 0 Å². The lowest BCUT2D eigenvalue weighted by atomic mass is 10.0. The minimum atomic E-state index is -0.644. The lowest BCUT2D eigenvalue weighted by molar-refractivity contribution is 0.103. The molecule has 5 nitrogen and oxygen atoms in total. The molecule has 0 fully saturated rings. The summed E-state index contributed by atoms with van der Waals surface area (Å²) >= 11 is 0. The molecule has 0 spiro atoms. The minimum absolute atomic E-state index is 0.0954. The van der Waals surface area contributed by atoms with E-state index < -0.39 is 5.54 Å². The summed E-state index contributed by atoms with van der Waals surface area (Å²) in [5.74, 6) is 0. The van der Waals surface area contributed by atoms with E-state index in [1.54, 1.807) is 6.92 Å². The van der Waals surface area contributed by atoms with Crippen LogP contribution >= 0.6 is 0 Å². The fourth-order valence-electron chi connectivity index (χ4n) is 1.54. The van der Waals surface area contributed by atoms with Crippen molar-refractivity contribution in [1.29, 1.82) is 0 Å². The Kier molecular flexibility index (Phi) is 4.07. The van der Waals surface area contributed by atoms with Crippen molar-refractivity contribution in [3.63, 3.8) is 0 Å². The topological polar surface area (TPSA) is 70.3 Å². The van der Waals surface area contributed by atoms with Crippen molar-refractivity contribution in [3.05, 3.63) is 17.0 Å². The Morgan fingerprint density at radius 3 is 2.25 bits per heavy atom. The maximum atomic E-state index is 9.16. The van der Waals surface area contributed by atoms with Crippen LogP contribution in [0.2, 0.25) is 0 Å². The minimum Gasteiger partial charge on any atom is -0.394 e. The molecule has 1 heterocycles. The van der Waals surface area contributed by atoms with Crippen LogP contribution in [0.1, 0.15) is 23.9 Å². The van der Waals surface area contributed by atoms with Crippen LogP contribution in [-0.2, 0) is 13.6 Å². The third-order valence-electron chi connectivity index (χ3n) is 3.05. The molecule has 0 saturated carbocycles. The Morgan fingerprint density at radius 2 is 1.88 bits per heavy atom. The summed E-state index contributed by atoms with van der Waals surface area (Å²) in [7, 11) is 1.91. The van der Waals surface area contributed by atoms with Crippen LogP contribution in [0, 0.1) is 13.8 Å². The number of aromatic nitrogens is 2. The van der Waals surface area contributed by atoms with Crippen molar-refractivity contribution in [2.24, 2.45) is 7.05 Å². The van der Waals surface area contributed by atoms with Crippen LogP contribution < -0.4 is 5.32 Å². The Hall–Kier alpha value is -0.910. The lowest BCUT2D eigenvalue weighted by Crippen LogP contribution is -2.48. The van der Waals surface area contributed by atoms with Crippen LogP contribution in [0.4, 0.5) is 0 Å². The van der Waals surface area contributed by atoms with Gasteiger partial charge in [0.05, 0.1) is 24.4 Å². The molecule has 3 N–H and O–H groups in total. The zero-order valence-electron chi connectivity index (χ0n) is 10.4. The largest absolute Gasteiger partial charge is 0.394 e. The summed E-state index contributed by atoms with van der Waals surface area (Å²) in [4.78, 5) is 0. The van der Waals surface area contributed by atoms with Crippen molar-refractivity contribution in [2.75, 3.05) is 13.2 Å². The number of nitrogens with one attached hydrogen (secondary N) is 1. The molecule has 0 bridgehead atoms. The predicted octanol–water partition coefficient (Wildman–Crippen LogP) is -0.130. The first-order valence-electron chi connectivity index (χ1n) is 5.39. The molecule has 0 aliphatic carbocycles. The van der Waals surface area contributed by atoms with Gasteiger partial charge in [-0.1, -0.05) is 0 Å². The van der Waals surface area contributed by atoms with Gasteiger partial charge >= 0.3 is 0 Å². The van der Waals surface area contributed by atoms with Gasteiger partial charge in [-0.15, -0.1) is 0 Å². The fraction of sp³-hybridized carbons (Fsp3) is 0.727. The Bertz CT molecular complexity index is 356. The number of rotatable bonds is 5. The summed E-state index contributed by atoms with van der Waals surface area (Å²) in [6.07, 6.45) is 0. The maximum Gasteiger partial charge on any atom is 0.0641 e. The summed E-state index contributed by atoms with van der Waals surface area (Å²) < 4.78 is 1.83. The lowest BCUT2D eigenvalue weighted by Gasteiger charge is -2.26. The van der Waals surface area contributed by atoms with Gasteiger partial charge in [0.2, 0.25) is 0 Å². The van der Waals surface area contributed by atoms with Gasteiger partial charge in [-0.05, 0) is 20.8 Å². The van der Waals surface area contributed by atoms with Crippen molar-refractivity contribution >= 4 is 0 Å². The van der Waals surface area contributed by atoms with Gasteiger partial charge < -0.3 is 15.5 Å². The Balaban J connectivity index is 2.74. The second-order valence-electron chi connectivity index (χ2n) is 4.50. The number of nitrogens with zero attached hydrogens (tertiary/aromatic N) is 2. The molecule has 0 amide bonds. The van der Waals surface area contributed by atoms with Crippen molar-refractivity contribution in [1.82, 2.24) is 15.1 Å². The second-order valence-corrected chi connectivity index (χ2v) is 4.50. The zero-order valence-corrected chi connectivity index (χ0v) is 10.4. The number of hydrogen-bond acceptors (Lipinski definition) is 4. The average molecular weight is 227 g/mol. The molecule has 0 aliphatic rings. The van der Waals surface area contributed by atoms with Crippen LogP contribution in [0.15, 0.2) is 0 Å². The number of aliphatic hydroxyl groups is 2. The summed E-state index contributed by atoms with van der Waals surface area (Å²) in [5, 5.41) is 25.8. The monoisotopic (exact) mass is 227 g/mol. The van der Waals surface area contributed by atoms with E-state index in [4.69, 9.17) is 10.2 Å². The van der Waals surface area contributed by atoms with Crippen LogP contribution in [-0.4, -0.2) is 38.7 Å². The third-order valence-corrected chi connectivity index (χ3v) is 3.05. The molecule has 0 atom stereocenters. The normalized spacial score (nSPS) is 12.1. The Morgan fingerprint density at radius 1 is 1.31 bits per heavy atom. The van der Waals surface area contributed by atoms with Crippen LogP contribution in [0.3, 0.4) is 0 Å². The molecule has 0 aliphatic heterocycles. The number of hydrogen-bond donors (Lipinski definition) is 3. The third kappa shape index (κ3) is 2.61. The summed E-state index contributed by atoms with van der Waals surface area (Å²) in [6, 6.07) is 0. The quantitative estimate of drug-likeness (QED) is 0.655. The van der Waals surface area contributed by atoms with E-state index in [-0.39, 0.29) is 13.2 Å². The molecule has 0 saturated heterocycles. The van der Waals surface area contributed by atoms with E-state index in [1.807, 2.05) is 25.6 Å². The molecular weight excluding hydrogens is 206 g/mol. The molecule has 0 aromatic carbocycles. The van der Waals surface area contributed by atoms with Crippen molar-refractivity contribution in [3.8, 4) is 0 Å². The molecule has 16 heavy (non-hydrogen) atoms. The van der Waals surface area contributed by atoms with Gasteiger partial charge in [0.1, 0.15) is 0 Å². The van der Waals surface area contributed by atoms with E-state index in [9.17, 15) is 0 Å². The van der Waals surface area contributed by atoms with E-state index in [0.29, 0.717) is 6.54 Å². The van der Waals surface area contributed by atoms with Crippen LogP contribution in [0.25, 0.3) is 0 Å². The highest BCUT2D eigenvalue weighted by Crippen LogP contribution is 2.13. The van der Waals surface area contributed by atoms with E-state index in [1.165, 1.54) is 0 Å². The van der Waals surface area contributed by atoms with E-state index >= 15 is 0 Å². The zero-order chi connectivity index (χ0) is 12.3. The predicted molar refractivity (Wildman–Crippen MR) is 62.1 cm³/mol. The number of aliphatic hydroxyl groups excluding tert-OH is 2. The highest BCUT2D eigenvalue weighted by molar-refractivity contribution is 5.24. The Labute approximate surface area is 96.1 Å². The average Bonchev–Trinajstić information content (AvgIpc) is 2.51. The molecule has 92 valence electrons. The highest BCUT2D eigenvalue weighted by Gasteiger charge is 2.22. The smallest absolute Gasteiger partial charge is 0.0641 e. The van der Waals surface area contributed by atoms with E-state index in [2.05, 4.69) is 10.4 Å². The van der Waals surface area contributed by atoms with Gasteiger partial charge in [0.25, 0.3) is 0 Å². The molecule has 1 aromatic rings. The first-order valence-corrected chi connectivity index (χ1v) is 5.39. The van der Waals surface area contributed by atoms with E-state index in [0.717, 1.165) is 17.0 Å². The van der Waals surface area contributed by atoms with Gasteiger partial charge in [0, 0.05) is 24.8 Å². The summed E-state index contributed by atoms with van der Waals surface area (Å²) in [6.45, 7) is 6.16. The standard InChI is InChI=1S/C11H21N3O2/c1-8-10(9(2)14(4)13-8)5-12-11(3,6-15)7-16/h12,15-16H,5-7H2,1-4H3. The molecule has 1 rings (SSSR count). The maximum absolute atomic E-state index is 9.16. The fourth-order valence-corrected chi connectivity index (χ4v) is 1.54. The van der Waals surface area contributed by atoms with Gasteiger partial charge in [-0.2, -0.15) is 5.10 Å².